The molecule has 1 fully saturated rings. The Hall–Kier alpha value is -0.790. The average molecular weight is 237 g/mol. The van der Waals surface area contributed by atoms with Crippen LogP contribution in [0.4, 0.5) is 0 Å². The predicted molar refractivity (Wildman–Crippen MR) is 72.6 cm³/mol. The van der Waals surface area contributed by atoms with Gasteiger partial charge in [0.25, 0.3) is 0 Å². The molecular weight excluding hydrogens is 210 g/mol. The quantitative estimate of drug-likeness (QED) is 0.746. The molecule has 17 heavy (non-hydrogen) atoms. The molecule has 2 heteroatoms. The zero-order valence-corrected chi connectivity index (χ0v) is 12.3. The van der Waals surface area contributed by atoms with Crippen LogP contribution in [0.5, 0.6) is 0 Å². The van der Waals surface area contributed by atoms with Crippen LogP contribution in [0.2, 0.25) is 0 Å². The van der Waals surface area contributed by atoms with E-state index in [4.69, 9.17) is 0 Å². The summed E-state index contributed by atoms with van der Waals surface area (Å²) < 4.78 is 0. The normalized spacial score (nSPS) is 27.5. The van der Waals surface area contributed by atoms with E-state index in [9.17, 15) is 4.79 Å². The molecule has 1 rings (SSSR count). The third-order valence-corrected chi connectivity index (χ3v) is 4.08. The van der Waals surface area contributed by atoms with Gasteiger partial charge in [0.2, 0.25) is 5.91 Å². The average Bonchev–Trinajstić information content (AvgIpc) is 2.66. The molecular formula is C15H27NO. The molecule has 0 bridgehead atoms. The first kappa shape index (κ1) is 14.3. The van der Waals surface area contributed by atoms with Gasteiger partial charge in [0.05, 0.1) is 5.92 Å². The Bertz CT molecular complexity index is 324. The van der Waals surface area contributed by atoms with Gasteiger partial charge in [-0.2, -0.15) is 0 Å². The van der Waals surface area contributed by atoms with Gasteiger partial charge in [-0.05, 0) is 38.0 Å². The van der Waals surface area contributed by atoms with Gasteiger partial charge in [0.15, 0.2) is 0 Å². The maximum absolute atomic E-state index is 12.2. The van der Waals surface area contributed by atoms with Crippen LogP contribution in [0.1, 0.15) is 48.5 Å². The lowest BCUT2D eigenvalue weighted by atomic mass is 10.1. The molecule has 0 aliphatic heterocycles. The first-order valence-corrected chi connectivity index (χ1v) is 6.63. The maximum Gasteiger partial charge on any atom is 0.224 e. The monoisotopic (exact) mass is 237 g/mol. The topological polar surface area (TPSA) is 29.1 Å². The molecule has 0 aromatic heterocycles. The highest BCUT2D eigenvalue weighted by molar-refractivity contribution is 5.83. The Morgan fingerprint density at radius 1 is 1.24 bits per heavy atom. The van der Waals surface area contributed by atoms with Gasteiger partial charge in [0, 0.05) is 6.04 Å². The van der Waals surface area contributed by atoms with Crippen molar-refractivity contribution in [3.05, 3.63) is 11.6 Å². The fourth-order valence-corrected chi connectivity index (χ4v) is 2.33. The third-order valence-electron chi connectivity index (χ3n) is 4.08. The van der Waals surface area contributed by atoms with E-state index in [2.05, 4.69) is 59.9 Å². The predicted octanol–water partition coefficient (Wildman–Crippen LogP) is 3.39. The molecule has 1 amide bonds. The molecule has 3 unspecified atom stereocenters. The number of carbonyl (C=O) groups is 1. The molecule has 1 saturated carbocycles. The molecule has 0 spiro atoms. The van der Waals surface area contributed by atoms with Crippen LogP contribution >= 0.6 is 0 Å². The summed E-state index contributed by atoms with van der Waals surface area (Å²) in [4.78, 5) is 12.2. The van der Waals surface area contributed by atoms with Crippen LogP contribution in [-0.2, 0) is 4.79 Å². The molecule has 1 aliphatic carbocycles. The minimum atomic E-state index is 0.123. The van der Waals surface area contributed by atoms with Gasteiger partial charge < -0.3 is 5.32 Å². The molecule has 98 valence electrons. The zero-order chi connectivity index (χ0) is 13.4. The highest BCUT2D eigenvalue weighted by atomic mass is 16.2. The molecule has 1 aliphatic rings. The summed E-state index contributed by atoms with van der Waals surface area (Å²) in [5.74, 6) is 1.27. The lowest BCUT2D eigenvalue weighted by Gasteiger charge is -2.17. The first-order valence-electron chi connectivity index (χ1n) is 6.63. The van der Waals surface area contributed by atoms with E-state index < -0.39 is 0 Å². The minimum Gasteiger partial charge on any atom is -0.353 e. The van der Waals surface area contributed by atoms with Crippen LogP contribution in [0.25, 0.3) is 0 Å². The van der Waals surface area contributed by atoms with E-state index in [0.717, 1.165) is 0 Å². The number of hydrogen-bond donors (Lipinski definition) is 1. The van der Waals surface area contributed by atoms with Gasteiger partial charge >= 0.3 is 0 Å². The Labute approximate surface area is 106 Å². The van der Waals surface area contributed by atoms with Crippen molar-refractivity contribution < 1.29 is 4.79 Å². The standard InChI is InChI=1S/C15H27NO/c1-9(2)8-12-13(15(12,6)7)14(17)16-11(5)10(3)4/h8,10-13H,1-7H3,(H,16,17). The maximum atomic E-state index is 12.2. The molecule has 1 N–H and O–H groups in total. The van der Waals surface area contributed by atoms with E-state index >= 15 is 0 Å². The fourth-order valence-electron chi connectivity index (χ4n) is 2.33. The summed E-state index contributed by atoms with van der Waals surface area (Å²) in [6.07, 6.45) is 2.24. The minimum absolute atomic E-state index is 0.123. The van der Waals surface area contributed by atoms with Crippen molar-refractivity contribution in [3.63, 3.8) is 0 Å². The molecule has 0 saturated heterocycles. The van der Waals surface area contributed by atoms with Crippen molar-refractivity contribution in [3.8, 4) is 0 Å². The first-order chi connectivity index (χ1) is 7.67. The lowest BCUT2D eigenvalue weighted by molar-refractivity contribution is -0.124. The SMILES string of the molecule is CC(C)=CC1C(C(=O)NC(C)C(C)C)C1(C)C. The van der Waals surface area contributed by atoms with Crippen LogP contribution < -0.4 is 5.32 Å². The van der Waals surface area contributed by atoms with Crippen molar-refractivity contribution in [2.75, 3.05) is 0 Å². The van der Waals surface area contributed by atoms with Gasteiger partial charge in [-0.15, -0.1) is 0 Å². The Kier molecular flexibility index (Phi) is 4.06. The van der Waals surface area contributed by atoms with Crippen molar-refractivity contribution in [1.29, 1.82) is 0 Å². The number of hydrogen-bond acceptors (Lipinski definition) is 1. The van der Waals surface area contributed by atoms with Crippen LogP contribution in [-0.4, -0.2) is 11.9 Å². The number of rotatable bonds is 4. The van der Waals surface area contributed by atoms with Crippen LogP contribution in [0.3, 0.4) is 0 Å². The van der Waals surface area contributed by atoms with E-state index in [-0.39, 0.29) is 23.3 Å². The number of amides is 1. The molecule has 0 aromatic rings. The van der Waals surface area contributed by atoms with Crippen molar-refractivity contribution >= 4 is 5.91 Å². The summed E-state index contributed by atoms with van der Waals surface area (Å²) in [7, 11) is 0. The second kappa shape index (κ2) is 4.83. The fraction of sp³-hybridized carbons (Fsp3) is 0.800. The second-order valence-corrected chi connectivity index (χ2v) is 6.61. The summed E-state index contributed by atoms with van der Waals surface area (Å²) in [6, 6.07) is 0.256. The van der Waals surface area contributed by atoms with E-state index in [1.54, 1.807) is 0 Å². The van der Waals surface area contributed by atoms with Crippen molar-refractivity contribution in [2.45, 2.75) is 54.5 Å². The summed E-state index contributed by atoms with van der Waals surface area (Å²) >= 11 is 0. The van der Waals surface area contributed by atoms with Gasteiger partial charge in [-0.3, -0.25) is 4.79 Å². The van der Waals surface area contributed by atoms with Crippen LogP contribution in [0, 0.1) is 23.2 Å². The molecule has 0 radical (unpaired) electrons. The summed E-state index contributed by atoms with van der Waals surface area (Å²) in [5, 5.41) is 3.13. The van der Waals surface area contributed by atoms with Gasteiger partial charge in [-0.1, -0.05) is 39.3 Å². The molecule has 0 heterocycles. The lowest BCUT2D eigenvalue weighted by Crippen LogP contribution is -2.38. The summed E-state index contributed by atoms with van der Waals surface area (Å²) in [6.45, 7) is 14.9. The molecule has 2 nitrogen and oxygen atoms in total. The van der Waals surface area contributed by atoms with E-state index in [1.807, 2.05) is 0 Å². The molecule has 0 aromatic carbocycles. The Balaban J connectivity index is 2.64. The number of nitrogens with one attached hydrogen (secondary N) is 1. The van der Waals surface area contributed by atoms with Crippen molar-refractivity contribution in [2.24, 2.45) is 23.2 Å². The van der Waals surface area contributed by atoms with E-state index in [1.165, 1.54) is 5.57 Å². The highest BCUT2D eigenvalue weighted by Crippen LogP contribution is 2.59. The largest absolute Gasteiger partial charge is 0.353 e. The highest BCUT2D eigenvalue weighted by Gasteiger charge is 2.60. The van der Waals surface area contributed by atoms with Crippen LogP contribution in [0.15, 0.2) is 11.6 Å². The number of allylic oxidation sites excluding steroid dienone is 2. The van der Waals surface area contributed by atoms with Crippen molar-refractivity contribution in [1.82, 2.24) is 5.32 Å². The smallest absolute Gasteiger partial charge is 0.224 e. The van der Waals surface area contributed by atoms with Gasteiger partial charge in [-0.25, -0.2) is 0 Å². The summed E-state index contributed by atoms with van der Waals surface area (Å²) in [5.41, 5.74) is 1.42. The zero-order valence-electron chi connectivity index (χ0n) is 12.3. The van der Waals surface area contributed by atoms with E-state index in [0.29, 0.717) is 11.8 Å². The molecule has 3 atom stereocenters. The van der Waals surface area contributed by atoms with Gasteiger partial charge in [0.1, 0.15) is 0 Å². The Morgan fingerprint density at radius 2 is 1.76 bits per heavy atom. The third kappa shape index (κ3) is 3.11. The second-order valence-electron chi connectivity index (χ2n) is 6.61. The number of carbonyl (C=O) groups excluding carboxylic acids is 1. The Morgan fingerprint density at radius 3 is 2.18 bits per heavy atom.